The summed E-state index contributed by atoms with van der Waals surface area (Å²) in [6.07, 6.45) is 8.13. The average molecular weight is 409 g/mol. The Morgan fingerprint density at radius 2 is 1.87 bits per heavy atom. The van der Waals surface area contributed by atoms with Crippen LogP contribution in [0.25, 0.3) is 6.08 Å². The number of piperidine rings is 1. The van der Waals surface area contributed by atoms with Gasteiger partial charge in [-0.2, -0.15) is 0 Å². The molecule has 1 atom stereocenters. The maximum atomic E-state index is 5.50. The van der Waals surface area contributed by atoms with Crippen LogP contribution in [0.1, 0.15) is 24.0 Å². The first-order valence-electron chi connectivity index (χ1n) is 11.0. The fourth-order valence-corrected chi connectivity index (χ4v) is 4.29. The molecule has 2 aromatic carbocycles. The summed E-state index contributed by atoms with van der Waals surface area (Å²) in [4.78, 5) is 5.07. The first kappa shape index (κ1) is 22.4. The minimum Gasteiger partial charge on any atom is -0.497 e. The molecular formula is C26H36N2O2. The molecule has 0 aromatic heterocycles. The molecule has 0 radical (unpaired) electrons. The quantitative estimate of drug-likeness (QED) is 0.573. The highest BCUT2D eigenvalue weighted by atomic mass is 16.5. The van der Waals surface area contributed by atoms with E-state index >= 15 is 0 Å². The normalized spacial score (nSPS) is 17.5. The molecule has 1 heterocycles. The Kier molecular flexibility index (Phi) is 8.79. The van der Waals surface area contributed by atoms with E-state index in [0.717, 1.165) is 43.5 Å². The summed E-state index contributed by atoms with van der Waals surface area (Å²) >= 11 is 0. The van der Waals surface area contributed by atoms with Gasteiger partial charge < -0.3 is 19.3 Å². The number of hydrogen-bond donors (Lipinski definition) is 0. The Morgan fingerprint density at radius 3 is 2.63 bits per heavy atom. The number of likely N-dealkylation sites (N-methyl/N-ethyl adjacent to an activating group) is 1. The second-order valence-corrected chi connectivity index (χ2v) is 8.27. The van der Waals surface area contributed by atoms with Gasteiger partial charge in [-0.15, -0.1) is 0 Å². The van der Waals surface area contributed by atoms with E-state index in [9.17, 15) is 0 Å². The Morgan fingerprint density at radius 1 is 1.07 bits per heavy atom. The van der Waals surface area contributed by atoms with Gasteiger partial charge in [0.25, 0.3) is 0 Å². The molecule has 1 fully saturated rings. The van der Waals surface area contributed by atoms with Crippen molar-refractivity contribution in [3.8, 4) is 11.5 Å². The van der Waals surface area contributed by atoms with E-state index in [-0.39, 0.29) is 0 Å². The lowest BCUT2D eigenvalue weighted by Crippen LogP contribution is -2.41. The van der Waals surface area contributed by atoms with Crippen molar-refractivity contribution in [2.75, 3.05) is 54.0 Å². The third-order valence-electron chi connectivity index (χ3n) is 5.91. The predicted molar refractivity (Wildman–Crippen MR) is 125 cm³/mol. The highest BCUT2D eigenvalue weighted by Crippen LogP contribution is 2.21. The summed E-state index contributed by atoms with van der Waals surface area (Å²) in [7, 11) is 5.69. The van der Waals surface area contributed by atoms with Crippen LogP contribution in [0.4, 0.5) is 0 Å². The summed E-state index contributed by atoms with van der Waals surface area (Å²) in [6, 6.07) is 16.6. The average Bonchev–Trinajstić information content (AvgIpc) is 2.78. The van der Waals surface area contributed by atoms with Gasteiger partial charge in [0.15, 0.2) is 0 Å². The van der Waals surface area contributed by atoms with Crippen LogP contribution in [-0.4, -0.2) is 63.8 Å². The van der Waals surface area contributed by atoms with Crippen molar-refractivity contribution in [2.45, 2.75) is 19.3 Å². The molecular weight excluding hydrogens is 372 g/mol. The van der Waals surface area contributed by atoms with E-state index in [1.165, 1.54) is 37.1 Å². The number of likely N-dealkylation sites (tertiary alicyclic amines) is 1. The van der Waals surface area contributed by atoms with E-state index in [2.05, 4.69) is 59.3 Å². The molecule has 0 amide bonds. The van der Waals surface area contributed by atoms with Gasteiger partial charge in [-0.25, -0.2) is 0 Å². The fourth-order valence-electron chi connectivity index (χ4n) is 4.29. The fraction of sp³-hybridized carbons (Fsp3) is 0.462. The smallest absolute Gasteiger partial charge is 0.122 e. The summed E-state index contributed by atoms with van der Waals surface area (Å²) < 4.78 is 10.7. The minimum absolute atomic E-state index is 0.746. The number of ether oxygens (including phenoxy) is 2. The van der Waals surface area contributed by atoms with Gasteiger partial charge in [0, 0.05) is 26.2 Å². The maximum Gasteiger partial charge on any atom is 0.122 e. The van der Waals surface area contributed by atoms with Gasteiger partial charge in [0.1, 0.15) is 11.5 Å². The lowest BCUT2D eigenvalue weighted by molar-refractivity contribution is 0.148. The van der Waals surface area contributed by atoms with E-state index < -0.39 is 0 Å². The van der Waals surface area contributed by atoms with Crippen LogP contribution in [-0.2, 0) is 6.42 Å². The predicted octanol–water partition coefficient (Wildman–Crippen LogP) is 4.60. The van der Waals surface area contributed by atoms with E-state index in [4.69, 9.17) is 9.47 Å². The van der Waals surface area contributed by atoms with Gasteiger partial charge in [0.05, 0.1) is 14.2 Å². The van der Waals surface area contributed by atoms with Crippen molar-refractivity contribution < 1.29 is 9.47 Å². The molecule has 4 heteroatoms. The largest absolute Gasteiger partial charge is 0.497 e. The molecule has 1 saturated heterocycles. The van der Waals surface area contributed by atoms with Crippen LogP contribution in [0, 0.1) is 5.92 Å². The highest BCUT2D eigenvalue weighted by Gasteiger charge is 2.21. The summed E-state index contributed by atoms with van der Waals surface area (Å²) in [6.45, 7) is 5.65. The molecule has 0 spiro atoms. The van der Waals surface area contributed by atoms with Crippen molar-refractivity contribution >= 4 is 6.08 Å². The molecule has 0 N–H and O–H groups in total. The van der Waals surface area contributed by atoms with Crippen LogP contribution >= 0.6 is 0 Å². The van der Waals surface area contributed by atoms with E-state index in [1.54, 1.807) is 14.2 Å². The van der Waals surface area contributed by atoms with Crippen molar-refractivity contribution in [1.82, 2.24) is 9.80 Å². The van der Waals surface area contributed by atoms with Crippen molar-refractivity contribution in [2.24, 2.45) is 5.92 Å². The SMILES string of the molecule is COc1ccc(/C=C/CN(C)C[C@H]2CCCN(CCc3ccccc3OC)C2)cc1. The molecule has 2 aromatic rings. The van der Waals surface area contributed by atoms with Gasteiger partial charge in [-0.1, -0.05) is 42.5 Å². The topological polar surface area (TPSA) is 24.9 Å². The number of nitrogens with zero attached hydrogens (tertiary/aromatic N) is 2. The molecule has 0 unspecified atom stereocenters. The zero-order valence-electron chi connectivity index (χ0n) is 18.7. The molecule has 4 nitrogen and oxygen atoms in total. The molecule has 0 saturated carbocycles. The Balaban J connectivity index is 1.41. The Hall–Kier alpha value is -2.30. The zero-order chi connectivity index (χ0) is 21.2. The van der Waals surface area contributed by atoms with Gasteiger partial charge >= 0.3 is 0 Å². The van der Waals surface area contributed by atoms with Crippen LogP contribution in [0.5, 0.6) is 11.5 Å². The second-order valence-electron chi connectivity index (χ2n) is 8.27. The molecule has 30 heavy (non-hydrogen) atoms. The van der Waals surface area contributed by atoms with Crippen LogP contribution in [0.3, 0.4) is 0 Å². The molecule has 1 aliphatic rings. The number of para-hydroxylation sites is 1. The first-order valence-corrected chi connectivity index (χ1v) is 11.0. The minimum atomic E-state index is 0.746. The van der Waals surface area contributed by atoms with E-state index in [1.807, 2.05) is 18.2 Å². The summed E-state index contributed by atoms with van der Waals surface area (Å²) in [5, 5.41) is 0. The molecule has 3 rings (SSSR count). The first-order chi connectivity index (χ1) is 14.7. The summed E-state index contributed by atoms with van der Waals surface area (Å²) in [5.41, 5.74) is 2.52. The van der Waals surface area contributed by atoms with Crippen LogP contribution in [0.15, 0.2) is 54.6 Å². The number of methoxy groups -OCH3 is 2. The van der Waals surface area contributed by atoms with E-state index in [0.29, 0.717) is 0 Å². The third-order valence-corrected chi connectivity index (χ3v) is 5.91. The monoisotopic (exact) mass is 408 g/mol. The van der Waals surface area contributed by atoms with Crippen molar-refractivity contribution in [3.63, 3.8) is 0 Å². The second kappa shape index (κ2) is 11.8. The van der Waals surface area contributed by atoms with Gasteiger partial charge in [-0.05, 0) is 68.1 Å². The number of hydrogen-bond acceptors (Lipinski definition) is 4. The lowest BCUT2D eigenvalue weighted by atomic mass is 9.97. The number of rotatable bonds is 10. The highest BCUT2D eigenvalue weighted by molar-refractivity contribution is 5.50. The van der Waals surface area contributed by atoms with Crippen molar-refractivity contribution in [1.29, 1.82) is 0 Å². The molecule has 162 valence electrons. The lowest BCUT2D eigenvalue weighted by Gasteiger charge is -2.34. The van der Waals surface area contributed by atoms with Gasteiger partial charge in [-0.3, -0.25) is 0 Å². The van der Waals surface area contributed by atoms with Crippen molar-refractivity contribution in [3.05, 3.63) is 65.7 Å². The third kappa shape index (κ3) is 6.89. The zero-order valence-corrected chi connectivity index (χ0v) is 18.7. The van der Waals surface area contributed by atoms with Crippen LogP contribution in [0.2, 0.25) is 0 Å². The number of benzene rings is 2. The summed E-state index contributed by atoms with van der Waals surface area (Å²) in [5.74, 6) is 2.65. The standard InChI is InChI=1S/C26H36N2O2/c1-27(17-6-8-22-12-14-25(29-2)15-13-22)20-23-9-7-18-28(21-23)19-16-24-10-4-5-11-26(24)30-3/h4-6,8,10-15,23H,7,9,16-21H2,1-3H3/b8-6+/t23-/m1/s1. The molecule has 1 aliphatic heterocycles. The molecule has 0 bridgehead atoms. The van der Waals surface area contributed by atoms with Crippen LogP contribution < -0.4 is 9.47 Å². The molecule has 0 aliphatic carbocycles. The maximum absolute atomic E-state index is 5.50. The van der Waals surface area contributed by atoms with Gasteiger partial charge in [0.2, 0.25) is 0 Å². The Labute approximate surface area is 182 Å². The Bertz CT molecular complexity index is 788.